The molecule has 4 rings (SSSR count). The molecule has 0 saturated heterocycles. The Morgan fingerprint density at radius 1 is 1.20 bits per heavy atom. The highest BCUT2D eigenvalue weighted by Crippen LogP contribution is 2.51. The molecule has 1 aliphatic carbocycles. The van der Waals surface area contributed by atoms with Crippen LogP contribution in [0.2, 0.25) is 0 Å². The first kappa shape index (κ1) is 25.1. The molecule has 0 bridgehead atoms. The van der Waals surface area contributed by atoms with E-state index >= 15 is 0 Å². The number of hydrogen-bond donors (Lipinski definition) is 1. The Labute approximate surface area is 198 Å². The Hall–Kier alpha value is -2.98. The zero-order chi connectivity index (χ0) is 25.4. The summed E-state index contributed by atoms with van der Waals surface area (Å²) in [6.07, 6.45) is -1.97. The van der Waals surface area contributed by atoms with E-state index in [0.29, 0.717) is 29.4 Å². The van der Waals surface area contributed by atoms with Gasteiger partial charge < -0.3 is 9.64 Å². The molecule has 35 heavy (non-hydrogen) atoms. The average Bonchev–Trinajstić information content (AvgIpc) is 3.58. The monoisotopic (exact) mass is 516 g/mol. The molecule has 2 atom stereocenters. The minimum Gasteiger partial charge on any atom is -0.406 e. The van der Waals surface area contributed by atoms with E-state index in [4.69, 9.17) is 0 Å². The lowest BCUT2D eigenvalue weighted by Gasteiger charge is -2.28. The van der Waals surface area contributed by atoms with E-state index in [2.05, 4.69) is 15.8 Å². The minimum atomic E-state index is -4.87. The van der Waals surface area contributed by atoms with Crippen molar-refractivity contribution in [3.63, 3.8) is 0 Å². The molecule has 1 aromatic heterocycles. The molecule has 0 radical (unpaired) electrons. The lowest BCUT2D eigenvalue weighted by Crippen LogP contribution is -2.38. The molecule has 2 heterocycles. The van der Waals surface area contributed by atoms with E-state index in [0.717, 1.165) is 25.1 Å². The lowest BCUT2D eigenvalue weighted by atomic mass is 9.94. The zero-order valence-corrected chi connectivity index (χ0v) is 19.0. The number of rotatable bonds is 9. The third kappa shape index (κ3) is 5.48. The second kappa shape index (κ2) is 9.58. The molecule has 1 aromatic carbocycles. The van der Waals surface area contributed by atoms with Gasteiger partial charge in [-0.2, -0.15) is 5.26 Å². The van der Waals surface area contributed by atoms with Gasteiger partial charge in [-0.3, -0.25) is 4.98 Å². The van der Waals surface area contributed by atoms with Crippen molar-refractivity contribution in [2.45, 2.75) is 42.1 Å². The van der Waals surface area contributed by atoms with E-state index in [1.807, 2.05) is 4.72 Å². The highest BCUT2D eigenvalue weighted by atomic mass is 32.2. The SMILES string of the molecule is N#CC1c2ccc(OC(F)(F)F)cc2N(CC2CC2)C1c1ccc(S(=O)(=O)NC(CF)CF)cn1. The van der Waals surface area contributed by atoms with Crippen LogP contribution in [0.25, 0.3) is 0 Å². The second-order valence-corrected chi connectivity index (χ2v) is 10.2. The van der Waals surface area contributed by atoms with E-state index in [1.54, 1.807) is 4.90 Å². The summed E-state index contributed by atoms with van der Waals surface area (Å²) in [4.78, 5) is 5.71. The third-order valence-electron chi connectivity index (χ3n) is 5.89. The summed E-state index contributed by atoms with van der Waals surface area (Å²) in [5.41, 5.74) is 1.27. The molecule has 7 nitrogen and oxygen atoms in total. The van der Waals surface area contributed by atoms with Gasteiger partial charge in [0.1, 0.15) is 24.0 Å². The Morgan fingerprint density at radius 3 is 2.46 bits per heavy atom. The first-order valence-corrected chi connectivity index (χ1v) is 12.2. The molecular formula is C22H21F5N4O3S. The van der Waals surface area contributed by atoms with Crippen molar-refractivity contribution >= 4 is 15.7 Å². The van der Waals surface area contributed by atoms with Crippen LogP contribution in [0.15, 0.2) is 41.4 Å². The highest BCUT2D eigenvalue weighted by molar-refractivity contribution is 7.89. The maximum Gasteiger partial charge on any atom is 0.573 e. The summed E-state index contributed by atoms with van der Waals surface area (Å²) in [5, 5.41) is 9.91. The van der Waals surface area contributed by atoms with Crippen LogP contribution in [-0.2, 0) is 10.0 Å². The van der Waals surface area contributed by atoms with Crippen LogP contribution in [0.3, 0.4) is 0 Å². The Bertz CT molecular complexity index is 1210. The number of fused-ring (bicyclic) bond motifs is 1. The molecule has 1 saturated carbocycles. The zero-order valence-electron chi connectivity index (χ0n) is 18.2. The molecule has 1 N–H and O–H groups in total. The van der Waals surface area contributed by atoms with Gasteiger partial charge in [0.2, 0.25) is 10.0 Å². The van der Waals surface area contributed by atoms with Crippen molar-refractivity contribution in [1.29, 1.82) is 5.26 Å². The van der Waals surface area contributed by atoms with Crippen LogP contribution in [0, 0.1) is 17.2 Å². The average molecular weight is 516 g/mol. The molecule has 188 valence electrons. The van der Waals surface area contributed by atoms with Gasteiger partial charge in [0.05, 0.1) is 29.8 Å². The van der Waals surface area contributed by atoms with Gasteiger partial charge in [0.25, 0.3) is 0 Å². The van der Waals surface area contributed by atoms with Crippen LogP contribution < -0.4 is 14.4 Å². The van der Waals surface area contributed by atoms with E-state index in [9.17, 15) is 35.6 Å². The Morgan fingerprint density at radius 2 is 1.91 bits per heavy atom. The number of nitrogens with zero attached hydrogens (tertiary/aromatic N) is 3. The number of aromatic nitrogens is 1. The fraction of sp³-hybridized carbons (Fsp3) is 0.455. The maximum absolute atomic E-state index is 12.8. The van der Waals surface area contributed by atoms with E-state index in [-0.39, 0.29) is 4.90 Å². The number of nitrogens with one attached hydrogen (secondary N) is 1. The number of benzene rings is 1. The fourth-order valence-electron chi connectivity index (χ4n) is 4.11. The Kier molecular flexibility index (Phi) is 6.88. The topological polar surface area (TPSA) is 95.3 Å². The van der Waals surface area contributed by atoms with Crippen molar-refractivity contribution in [3.05, 3.63) is 47.8 Å². The minimum absolute atomic E-state index is 0.303. The second-order valence-electron chi connectivity index (χ2n) is 8.46. The van der Waals surface area contributed by atoms with Gasteiger partial charge >= 0.3 is 6.36 Å². The third-order valence-corrected chi connectivity index (χ3v) is 7.40. The van der Waals surface area contributed by atoms with E-state index in [1.165, 1.54) is 24.3 Å². The summed E-state index contributed by atoms with van der Waals surface area (Å²) >= 11 is 0. The van der Waals surface area contributed by atoms with Gasteiger partial charge in [-0.05, 0) is 42.5 Å². The predicted molar refractivity (Wildman–Crippen MR) is 115 cm³/mol. The summed E-state index contributed by atoms with van der Waals surface area (Å²) in [7, 11) is -4.24. The van der Waals surface area contributed by atoms with E-state index < -0.39 is 53.5 Å². The van der Waals surface area contributed by atoms with Crippen molar-refractivity contribution in [2.24, 2.45) is 5.92 Å². The maximum atomic E-state index is 12.8. The summed E-state index contributed by atoms with van der Waals surface area (Å²) in [6, 6.07) is 6.40. The van der Waals surface area contributed by atoms with Crippen LogP contribution in [0.4, 0.5) is 27.6 Å². The van der Waals surface area contributed by atoms with Crippen LogP contribution in [0.1, 0.15) is 36.1 Å². The molecular weight excluding hydrogens is 495 g/mol. The smallest absolute Gasteiger partial charge is 0.406 e. The van der Waals surface area contributed by atoms with Crippen molar-refractivity contribution < 1.29 is 35.1 Å². The number of nitriles is 1. The molecule has 1 fully saturated rings. The Balaban J connectivity index is 1.67. The van der Waals surface area contributed by atoms with Gasteiger partial charge in [-0.15, -0.1) is 13.2 Å². The molecule has 0 spiro atoms. The number of alkyl halides is 5. The van der Waals surface area contributed by atoms with Crippen LogP contribution in [0.5, 0.6) is 5.75 Å². The van der Waals surface area contributed by atoms with Gasteiger partial charge in [0.15, 0.2) is 0 Å². The molecule has 1 aliphatic heterocycles. The molecule has 2 unspecified atom stereocenters. The molecule has 0 amide bonds. The van der Waals surface area contributed by atoms with Crippen molar-refractivity contribution in [1.82, 2.24) is 9.71 Å². The standard InChI is InChI=1S/C22H21F5N4O3S/c23-8-14(9-24)30-35(32,33)16-4-6-19(29-11-16)21-18(10-28)17-5-3-15(34-22(25,26)27)7-20(17)31(21)12-13-1-2-13/h3-7,11,13-14,18,21,30H,1-2,8-9,12H2. The van der Waals surface area contributed by atoms with Gasteiger partial charge in [-0.25, -0.2) is 21.9 Å². The first-order valence-electron chi connectivity index (χ1n) is 10.7. The van der Waals surface area contributed by atoms with Crippen molar-refractivity contribution in [2.75, 3.05) is 24.8 Å². The van der Waals surface area contributed by atoms with Crippen LogP contribution in [-0.4, -0.2) is 45.7 Å². The van der Waals surface area contributed by atoms with Gasteiger partial charge in [0, 0.05) is 24.5 Å². The lowest BCUT2D eigenvalue weighted by molar-refractivity contribution is -0.274. The number of pyridine rings is 1. The largest absolute Gasteiger partial charge is 0.573 e. The number of anilines is 1. The highest BCUT2D eigenvalue weighted by Gasteiger charge is 2.43. The number of ether oxygens (including phenoxy) is 1. The molecule has 13 heteroatoms. The predicted octanol–water partition coefficient (Wildman–Crippen LogP) is 4.14. The summed E-state index contributed by atoms with van der Waals surface area (Å²) < 4.78 is 94.6. The number of hydrogen-bond acceptors (Lipinski definition) is 6. The van der Waals surface area contributed by atoms with Gasteiger partial charge in [-0.1, -0.05) is 6.07 Å². The summed E-state index contributed by atoms with van der Waals surface area (Å²) in [6.45, 7) is -1.97. The normalized spacial score (nSPS) is 20.1. The quantitative estimate of drug-likeness (QED) is 0.504. The van der Waals surface area contributed by atoms with Crippen LogP contribution >= 0.6 is 0 Å². The fourth-order valence-corrected chi connectivity index (χ4v) is 5.25. The van der Waals surface area contributed by atoms with Crippen molar-refractivity contribution in [3.8, 4) is 11.8 Å². The molecule has 2 aliphatic rings. The summed E-state index contributed by atoms with van der Waals surface area (Å²) in [5.74, 6) is -0.887. The molecule has 2 aromatic rings. The number of halogens is 5. The number of sulfonamides is 1. The first-order chi connectivity index (χ1) is 16.6.